The number of carbonyl (C=O) groups is 1. The topological polar surface area (TPSA) is 55.6 Å². The van der Waals surface area contributed by atoms with Gasteiger partial charge in [0.25, 0.3) is 0 Å². The zero-order valence-corrected chi connectivity index (χ0v) is 11.7. The van der Waals surface area contributed by atoms with E-state index < -0.39 is 5.92 Å². The summed E-state index contributed by atoms with van der Waals surface area (Å²) in [6.07, 6.45) is 0.600. The Morgan fingerprint density at radius 3 is 2.72 bits per heavy atom. The quantitative estimate of drug-likeness (QED) is 0.828. The second kappa shape index (κ2) is 6.35. The van der Waals surface area contributed by atoms with Gasteiger partial charge < -0.3 is 15.4 Å². The first-order valence-corrected chi connectivity index (χ1v) is 6.13. The van der Waals surface area contributed by atoms with Crippen LogP contribution in [0.3, 0.4) is 0 Å². The molecule has 0 radical (unpaired) electrons. The molecule has 0 aliphatic heterocycles. The zero-order valence-electron chi connectivity index (χ0n) is 10.8. The van der Waals surface area contributed by atoms with E-state index in [0.29, 0.717) is 12.2 Å². The van der Waals surface area contributed by atoms with Crippen molar-refractivity contribution in [2.75, 3.05) is 19.1 Å². The number of nitrogens with two attached hydrogens (primary N) is 1. The van der Waals surface area contributed by atoms with E-state index in [2.05, 4.69) is 0 Å². The molecule has 0 bridgehead atoms. The molecule has 5 heteroatoms. The van der Waals surface area contributed by atoms with E-state index in [1.807, 2.05) is 25.1 Å². The standard InChI is InChI=1S/C13H18N2O2S/c1-4-11(12(14)18)13(16)15(2)9-6-5-7-10(8-9)17-3/h5-8,11H,4H2,1-3H3,(H2,14,18). The minimum atomic E-state index is -0.420. The number of hydrogen-bond donors (Lipinski definition) is 1. The summed E-state index contributed by atoms with van der Waals surface area (Å²) in [6.45, 7) is 1.89. The predicted molar refractivity (Wildman–Crippen MR) is 77.0 cm³/mol. The van der Waals surface area contributed by atoms with Crippen LogP contribution in [0.1, 0.15) is 13.3 Å². The second-order valence-corrected chi connectivity index (χ2v) is 4.43. The fourth-order valence-electron chi connectivity index (χ4n) is 1.68. The predicted octanol–water partition coefficient (Wildman–Crippen LogP) is 1.97. The first kappa shape index (κ1) is 14.4. The van der Waals surface area contributed by atoms with Crippen molar-refractivity contribution in [3.05, 3.63) is 24.3 Å². The molecule has 98 valence electrons. The van der Waals surface area contributed by atoms with Gasteiger partial charge in [-0.05, 0) is 18.6 Å². The summed E-state index contributed by atoms with van der Waals surface area (Å²) in [6, 6.07) is 7.29. The van der Waals surface area contributed by atoms with Crippen LogP contribution in [0.15, 0.2) is 24.3 Å². The summed E-state index contributed by atoms with van der Waals surface area (Å²) in [7, 11) is 3.29. The van der Waals surface area contributed by atoms with Crippen molar-refractivity contribution in [1.82, 2.24) is 0 Å². The molecule has 0 spiro atoms. The van der Waals surface area contributed by atoms with Crippen LogP contribution < -0.4 is 15.4 Å². The molecular weight excluding hydrogens is 248 g/mol. The molecule has 1 rings (SSSR count). The van der Waals surface area contributed by atoms with Gasteiger partial charge in [-0.25, -0.2) is 0 Å². The molecule has 1 unspecified atom stereocenters. The van der Waals surface area contributed by atoms with Crippen molar-refractivity contribution < 1.29 is 9.53 Å². The maximum atomic E-state index is 12.2. The number of nitrogens with zero attached hydrogens (tertiary/aromatic N) is 1. The van der Waals surface area contributed by atoms with Gasteiger partial charge in [-0.3, -0.25) is 4.79 Å². The zero-order chi connectivity index (χ0) is 13.7. The molecule has 18 heavy (non-hydrogen) atoms. The lowest BCUT2D eigenvalue weighted by Gasteiger charge is -2.22. The molecule has 1 atom stereocenters. The van der Waals surface area contributed by atoms with Crippen LogP contribution in [0, 0.1) is 5.92 Å². The van der Waals surface area contributed by atoms with Crippen molar-refractivity contribution in [3.63, 3.8) is 0 Å². The Bertz CT molecular complexity index is 448. The highest BCUT2D eigenvalue weighted by Gasteiger charge is 2.23. The fourth-order valence-corrected chi connectivity index (χ4v) is 1.95. The van der Waals surface area contributed by atoms with Crippen molar-refractivity contribution in [2.24, 2.45) is 11.7 Å². The number of carbonyl (C=O) groups excluding carboxylic acids is 1. The Morgan fingerprint density at radius 2 is 2.22 bits per heavy atom. The van der Waals surface area contributed by atoms with Crippen molar-refractivity contribution in [3.8, 4) is 5.75 Å². The number of thiocarbonyl (C=S) groups is 1. The Morgan fingerprint density at radius 1 is 1.56 bits per heavy atom. The summed E-state index contributed by atoms with van der Waals surface area (Å²) in [5.41, 5.74) is 6.34. The molecule has 2 N–H and O–H groups in total. The van der Waals surface area contributed by atoms with Crippen LogP contribution in [0.25, 0.3) is 0 Å². The molecule has 0 saturated heterocycles. The van der Waals surface area contributed by atoms with Gasteiger partial charge in [0.1, 0.15) is 5.75 Å². The number of amides is 1. The third kappa shape index (κ3) is 3.20. The molecule has 1 aromatic carbocycles. The first-order chi connectivity index (χ1) is 8.51. The van der Waals surface area contributed by atoms with E-state index in [9.17, 15) is 4.79 Å². The number of rotatable bonds is 5. The Balaban J connectivity index is 2.94. The van der Waals surface area contributed by atoms with Crippen LogP contribution in [-0.4, -0.2) is 25.1 Å². The van der Waals surface area contributed by atoms with E-state index in [1.54, 1.807) is 25.1 Å². The maximum absolute atomic E-state index is 12.2. The summed E-state index contributed by atoms with van der Waals surface area (Å²) in [5, 5.41) is 0. The average molecular weight is 266 g/mol. The van der Waals surface area contributed by atoms with Crippen LogP contribution in [0.2, 0.25) is 0 Å². The largest absolute Gasteiger partial charge is 0.497 e. The van der Waals surface area contributed by atoms with Gasteiger partial charge in [-0.2, -0.15) is 0 Å². The molecule has 0 aliphatic carbocycles. The Hall–Kier alpha value is -1.62. The maximum Gasteiger partial charge on any atom is 0.236 e. The monoisotopic (exact) mass is 266 g/mol. The molecule has 4 nitrogen and oxygen atoms in total. The third-order valence-electron chi connectivity index (χ3n) is 2.82. The summed E-state index contributed by atoms with van der Waals surface area (Å²) < 4.78 is 5.13. The second-order valence-electron chi connectivity index (χ2n) is 3.96. The molecule has 0 heterocycles. The van der Waals surface area contributed by atoms with Crippen molar-refractivity contribution >= 4 is 28.8 Å². The van der Waals surface area contributed by atoms with Crippen LogP contribution in [0.4, 0.5) is 5.69 Å². The van der Waals surface area contributed by atoms with Crippen LogP contribution in [0.5, 0.6) is 5.75 Å². The minimum absolute atomic E-state index is 0.0988. The van der Waals surface area contributed by atoms with E-state index >= 15 is 0 Å². The SMILES string of the molecule is CCC(C(=O)N(C)c1cccc(OC)c1)C(N)=S. The number of ether oxygens (including phenoxy) is 1. The van der Waals surface area contributed by atoms with Gasteiger partial charge in [0.2, 0.25) is 5.91 Å². The van der Waals surface area contributed by atoms with Crippen molar-refractivity contribution in [2.45, 2.75) is 13.3 Å². The van der Waals surface area contributed by atoms with Crippen molar-refractivity contribution in [1.29, 1.82) is 0 Å². The van der Waals surface area contributed by atoms with E-state index in [0.717, 1.165) is 5.69 Å². The average Bonchev–Trinajstić information content (AvgIpc) is 2.38. The normalized spacial score (nSPS) is 11.7. The fraction of sp³-hybridized carbons (Fsp3) is 0.385. The van der Waals surface area contributed by atoms with Gasteiger partial charge in [0.05, 0.1) is 18.0 Å². The molecule has 0 aromatic heterocycles. The highest BCUT2D eigenvalue weighted by atomic mass is 32.1. The molecule has 0 fully saturated rings. The summed E-state index contributed by atoms with van der Waals surface area (Å²) in [4.78, 5) is 14.0. The molecular formula is C13H18N2O2S. The third-order valence-corrected chi connectivity index (χ3v) is 3.11. The Labute approximate surface area is 113 Å². The smallest absolute Gasteiger partial charge is 0.236 e. The van der Waals surface area contributed by atoms with Gasteiger partial charge >= 0.3 is 0 Å². The molecule has 1 aromatic rings. The van der Waals surface area contributed by atoms with E-state index in [1.165, 1.54) is 0 Å². The van der Waals surface area contributed by atoms with E-state index in [4.69, 9.17) is 22.7 Å². The lowest BCUT2D eigenvalue weighted by molar-refractivity contribution is -0.120. The summed E-state index contributed by atoms with van der Waals surface area (Å²) in [5.74, 6) is 0.185. The number of anilines is 1. The van der Waals surface area contributed by atoms with E-state index in [-0.39, 0.29) is 10.9 Å². The molecule has 0 aliphatic rings. The summed E-state index contributed by atoms with van der Waals surface area (Å²) >= 11 is 4.92. The molecule has 0 saturated carbocycles. The minimum Gasteiger partial charge on any atom is -0.497 e. The van der Waals surface area contributed by atoms with Gasteiger partial charge in [0.15, 0.2) is 0 Å². The highest BCUT2D eigenvalue weighted by molar-refractivity contribution is 7.80. The lowest BCUT2D eigenvalue weighted by Crippen LogP contribution is -2.38. The van der Waals surface area contributed by atoms with Gasteiger partial charge in [0, 0.05) is 18.8 Å². The number of hydrogen-bond acceptors (Lipinski definition) is 3. The van der Waals surface area contributed by atoms with Crippen LogP contribution in [-0.2, 0) is 4.79 Å². The highest BCUT2D eigenvalue weighted by Crippen LogP contribution is 2.22. The lowest BCUT2D eigenvalue weighted by atomic mass is 10.1. The molecule has 1 amide bonds. The number of methoxy groups -OCH3 is 1. The van der Waals surface area contributed by atoms with Crippen LogP contribution >= 0.6 is 12.2 Å². The first-order valence-electron chi connectivity index (χ1n) is 5.72. The number of benzene rings is 1. The Kier molecular flexibility index (Phi) is 5.09. The van der Waals surface area contributed by atoms with Gasteiger partial charge in [-0.15, -0.1) is 0 Å². The van der Waals surface area contributed by atoms with Gasteiger partial charge in [-0.1, -0.05) is 25.2 Å².